The van der Waals surface area contributed by atoms with Crippen LogP contribution < -0.4 is 0 Å². The van der Waals surface area contributed by atoms with Crippen molar-refractivity contribution in [2.24, 2.45) is 0 Å². The van der Waals surface area contributed by atoms with E-state index < -0.39 is 0 Å². The van der Waals surface area contributed by atoms with E-state index in [0.717, 1.165) is 29.2 Å². The fraction of sp³-hybridized carbons (Fsp3) is 0.0500. The summed E-state index contributed by atoms with van der Waals surface area (Å²) in [4.78, 5) is 13.6. The fourth-order valence-corrected chi connectivity index (χ4v) is 2.67. The van der Waals surface area contributed by atoms with E-state index in [4.69, 9.17) is 4.98 Å². The van der Waals surface area contributed by atoms with Gasteiger partial charge < -0.3 is 0 Å². The van der Waals surface area contributed by atoms with Crippen LogP contribution >= 0.6 is 0 Å². The van der Waals surface area contributed by atoms with Gasteiger partial charge in [-0.25, -0.2) is 4.98 Å². The average molecular weight is 297 g/mol. The zero-order chi connectivity index (χ0) is 15.5. The normalized spacial score (nSPS) is 13.1. The van der Waals surface area contributed by atoms with Crippen molar-refractivity contribution in [3.8, 4) is 22.8 Å². The molecule has 0 unspecified atom stereocenters. The van der Waals surface area contributed by atoms with E-state index in [-0.39, 0.29) is 0 Å². The molecular weight excluding hydrogens is 282 g/mol. The molecule has 110 valence electrons. The maximum atomic E-state index is 4.77. The van der Waals surface area contributed by atoms with Crippen molar-refractivity contribution in [1.29, 1.82) is 0 Å². The highest BCUT2D eigenvalue weighted by molar-refractivity contribution is 5.76. The molecule has 0 amide bonds. The molecule has 1 aliphatic rings. The molecule has 3 nitrogen and oxygen atoms in total. The number of hydrogen-bond donors (Lipinski definition) is 0. The maximum absolute atomic E-state index is 4.77. The molecule has 3 aromatic rings. The van der Waals surface area contributed by atoms with Crippen LogP contribution in [-0.4, -0.2) is 15.0 Å². The first-order valence-electron chi connectivity index (χ1n) is 7.61. The summed E-state index contributed by atoms with van der Waals surface area (Å²) >= 11 is 0. The summed E-state index contributed by atoms with van der Waals surface area (Å²) in [6.07, 6.45) is 10.9. The quantitative estimate of drug-likeness (QED) is 0.712. The minimum atomic E-state index is 0.872. The molecule has 3 heteroatoms. The third-order valence-corrected chi connectivity index (χ3v) is 3.82. The topological polar surface area (TPSA) is 38.7 Å². The fourth-order valence-electron chi connectivity index (χ4n) is 2.67. The number of hydrogen-bond acceptors (Lipinski definition) is 3. The minimum absolute atomic E-state index is 0.872. The van der Waals surface area contributed by atoms with Crippen LogP contribution in [0.4, 0.5) is 0 Å². The summed E-state index contributed by atoms with van der Waals surface area (Å²) in [5.41, 5.74) is 5.96. The lowest BCUT2D eigenvalue weighted by molar-refractivity contribution is 1.21. The van der Waals surface area contributed by atoms with Crippen LogP contribution in [0, 0.1) is 0 Å². The monoisotopic (exact) mass is 297 g/mol. The van der Waals surface area contributed by atoms with Gasteiger partial charge in [0.25, 0.3) is 0 Å². The number of allylic oxidation sites excluding steroid dienone is 4. The SMILES string of the molecule is C1=CCC(c2cc(-c3ccccn3)nc(-c3ccccn3)c2)=C1. The van der Waals surface area contributed by atoms with E-state index in [1.54, 1.807) is 12.4 Å². The molecule has 0 saturated heterocycles. The lowest BCUT2D eigenvalue weighted by Crippen LogP contribution is -1.95. The first kappa shape index (κ1) is 13.6. The zero-order valence-corrected chi connectivity index (χ0v) is 12.6. The van der Waals surface area contributed by atoms with Gasteiger partial charge in [0.15, 0.2) is 0 Å². The van der Waals surface area contributed by atoms with Gasteiger partial charge in [-0.05, 0) is 54.0 Å². The van der Waals surface area contributed by atoms with Crippen molar-refractivity contribution < 1.29 is 0 Å². The van der Waals surface area contributed by atoms with Gasteiger partial charge >= 0.3 is 0 Å². The molecule has 0 radical (unpaired) electrons. The van der Waals surface area contributed by atoms with E-state index >= 15 is 0 Å². The van der Waals surface area contributed by atoms with E-state index in [1.165, 1.54) is 11.1 Å². The highest BCUT2D eigenvalue weighted by atomic mass is 14.8. The van der Waals surface area contributed by atoms with E-state index in [2.05, 4.69) is 40.3 Å². The summed E-state index contributed by atoms with van der Waals surface area (Å²) < 4.78 is 0. The Morgan fingerprint density at radius 1 is 0.739 bits per heavy atom. The Labute approximate surface area is 135 Å². The molecule has 0 bridgehead atoms. The van der Waals surface area contributed by atoms with E-state index in [9.17, 15) is 0 Å². The molecule has 3 heterocycles. The summed E-state index contributed by atoms with van der Waals surface area (Å²) in [6.45, 7) is 0. The minimum Gasteiger partial charge on any atom is -0.255 e. The third kappa shape index (κ3) is 2.81. The zero-order valence-electron chi connectivity index (χ0n) is 12.6. The predicted octanol–water partition coefficient (Wildman–Crippen LogP) is 4.55. The molecule has 0 spiro atoms. The summed E-state index contributed by atoms with van der Waals surface area (Å²) in [5.74, 6) is 0. The molecule has 0 fully saturated rings. The van der Waals surface area contributed by atoms with Crippen LogP contribution in [-0.2, 0) is 0 Å². The van der Waals surface area contributed by atoms with Gasteiger partial charge in [-0.15, -0.1) is 0 Å². The smallest absolute Gasteiger partial charge is 0.0900 e. The van der Waals surface area contributed by atoms with Gasteiger partial charge in [-0.1, -0.05) is 30.4 Å². The van der Waals surface area contributed by atoms with Crippen molar-refractivity contribution >= 4 is 5.57 Å². The van der Waals surface area contributed by atoms with Crippen molar-refractivity contribution in [3.63, 3.8) is 0 Å². The number of aromatic nitrogens is 3. The van der Waals surface area contributed by atoms with Crippen LogP contribution in [0.1, 0.15) is 12.0 Å². The molecule has 0 saturated carbocycles. The third-order valence-electron chi connectivity index (χ3n) is 3.82. The summed E-state index contributed by atoms with van der Waals surface area (Å²) in [6, 6.07) is 16.0. The molecule has 0 atom stereocenters. The summed E-state index contributed by atoms with van der Waals surface area (Å²) in [7, 11) is 0. The first-order valence-corrected chi connectivity index (χ1v) is 7.61. The van der Waals surface area contributed by atoms with Crippen LogP contribution in [0.15, 0.2) is 79.2 Å². The average Bonchev–Trinajstić information content (AvgIpc) is 3.18. The Kier molecular flexibility index (Phi) is 3.53. The lowest BCUT2D eigenvalue weighted by Gasteiger charge is -2.09. The molecule has 3 aromatic heterocycles. The van der Waals surface area contributed by atoms with Crippen molar-refractivity contribution in [2.45, 2.75) is 6.42 Å². The second-order valence-corrected chi connectivity index (χ2v) is 5.38. The van der Waals surface area contributed by atoms with Crippen molar-refractivity contribution in [2.75, 3.05) is 0 Å². The Bertz CT molecular complexity index is 824. The van der Waals surface area contributed by atoms with Gasteiger partial charge in [-0.2, -0.15) is 0 Å². The molecule has 1 aliphatic carbocycles. The lowest BCUT2D eigenvalue weighted by atomic mass is 10.0. The number of rotatable bonds is 3. The van der Waals surface area contributed by atoms with Crippen LogP contribution in [0.25, 0.3) is 28.3 Å². The highest BCUT2D eigenvalue weighted by Gasteiger charge is 2.11. The first-order chi connectivity index (χ1) is 11.4. The van der Waals surface area contributed by atoms with Crippen molar-refractivity contribution in [3.05, 3.63) is 84.7 Å². The maximum Gasteiger partial charge on any atom is 0.0900 e. The highest BCUT2D eigenvalue weighted by Crippen LogP contribution is 2.29. The van der Waals surface area contributed by atoms with E-state index in [0.29, 0.717) is 0 Å². The van der Waals surface area contributed by atoms with Crippen LogP contribution in [0.3, 0.4) is 0 Å². The van der Waals surface area contributed by atoms with Gasteiger partial charge in [0.05, 0.1) is 22.8 Å². The van der Waals surface area contributed by atoms with Crippen molar-refractivity contribution in [1.82, 2.24) is 15.0 Å². The molecule has 0 aliphatic heterocycles. The van der Waals surface area contributed by atoms with Crippen LogP contribution in [0.5, 0.6) is 0 Å². The van der Waals surface area contributed by atoms with Gasteiger partial charge in [0, 0.05) is 12.4 Å². The largest absolute Gasteiger partial charge is 0.255 e. The van der Waals surface area contributed by atoms with E-state index in [1.807, 2.05) is 36.4 Å². The molecular formula is C20H15N3. The van der Waals surface area contributed by atoms with Gasteiger partial charge in [0.1, 0.15) is 0 Å². The molecule has 4 rings (SSSR count). The van der Waals surface area contributed by atoms with Gasteiger partial charge in [-0.3, -0.25) is 9.97 Å². The molecule has 0 N–H and O–H groups in total. The molecule has 0 aromatic carbocycles. The Balaban J connectivity index is 1.88. The molecule has 23 heavy (non-hydrogen) atoms. The second-order valence-electron chi connectivity index (χ2n) is 5.38. The number of pyridine rings is 3. The van der Waals surface area contributed by atoms with Gasteiger partial charge in [0.2, 0.25) is 0 Å². The van der Waals surface area contributed by atoms with Crippen LogP contribution in [0.2, 0.25) is 0 Å². The second kappa shape index (κ2) is 5.97. The Morgan fingerprint density at radius 2 is 1.39 bits per heavy atom. The Hall–Kier alpha value is -3.07. The summed E-state index contributed by atoms with van der Waals surface area (Å²) in [5, 5.41) is 0. The Morgan fingerprint density at radius 3 is 1.87 bits per heavy atom. The number of nitrogens with zero attached hydrogens (tertiary/aromatic N) is 3. The predicted molar refractivity (Wildman–Crippen MR) is 92.4 cm³/mol. The standard InChI is InChI=1S/C20H15N3/c1-2-8-15(7-1)16-13-19(17-9-3-5-11-21-17)23-20(14-16)18-10-4-6-12-22-18/h1-7,9-14H,8H2.